The molecule has 2 saturated heterocycles. The Balaban J connectivity index is 1.08. The summed E-state index contributed by atoms with van der Waals surface area (Å²) in [6, 6.07) is 17.2. The lowest BCUT2D eigenvalue weighted by Gasteiger charge is -2.35. The molecule has 0 saturated carbocycles. The molecule has 204 valence electrons. The Labute approximate surface area is 227 Å². The van der Waals surface area contributed by atoms with Gasteiger partial charge in [0.2, 0.25) is 11.8 Å². The van der Waals surface area contributed by atoms with Gasteiger partial charge in [-0.15, -0.1) is 10.2 Å². The maximum Gasteiger partial charge on any atom is 0.273 e. The molecular weight excluding hydrogens is 496 g/mol. The van der Waals surface area contributed by atoms with Crippen LogP contribution in [0, 0.1) is 0 Å². The molecule has 2 aliphatic heterocycles. The van der Waals surface area contributed by atoms with Crippen LogP contribution in [0.25, 0.3) is 11.4 Å². The van der Waals surface area contributed by atoms with Crippen LogP contribution in [0.5, 0.6) is 5.75 Å². The zero-order chi connectivity index (χ0) is 27.0. The number of H-pyrrole nitrogens is 1. The number of ether oxygens (including phenoxy) is 1. The van der Waals surface area contributed by atoms with Crippen molar-refractivity contribution in [3.05, 3.63) is 76.2 Å². The molecule has 0 atom stereocenters. The summed E-state index contributed by atoms with van der Waals surface area (Å²) in [5.74, 6) is 1.24. The Morgan fingerprint density at radius 1 is 0.821 bits per heavy atom. The van der Waals surface area contributed by atoms with E-state index in [2.05, 4.69) is 20.1 Å². The van der Waals surface area contributed by atoms with E-state index >= 15 is 0 Å². The smallest absolute Gasteiger partial charge is 0.273 e. The van der Waals surface area contributed by atoms with Crippen molar-refractivity contribution in [3.63, 3.8) is 0 Å². The molecule has 10 nitrogen and oxygen atoms in total. The fourth-order valence-corrected chi connectivity index (χ4v) is 4.90. The van der Waals surface area contributed by atoms with Gasteiger partial charge in [-0.1, -0.05) is 30.3 Å². The van der Waals surface area contributed by atoms with Crippen LogP contribution in [0.4, 0.5) is 0 Å². The molecule has 2 aromatic carbocycles. The van der Waals surface area contributed by atoms with Gasteiger partial charge < -0.3 is 19.5 Å². The van der Waals surface area contributed by atoms with Gasteiger partial charge in [-0.2, -0.15) is 0 Å². The summed E-state index contributed by atoms with van der Waals surface area (Å²) in [5.41, 5.74) is 1.69. The summed E-state index contributed by atoms with van der Waals surface area (Å²) in [5, 5.41) is 8.29. The van der Waals surface area contributed by atoms with Crippen molar-refractivity contribution in [2.24, 2.45) is 0 Å². The lowest BCUT2D eigenvalue weighted by atomic mass is 10.2. The summed E-state index contributed by atoms with van der Waals surface area (Å²) in [4.78, 5) is 46.4. The third-order valence-electron chi connectivity index (χ3n) is 7.26. The van der Waals surface area contributed by atoms with E-state index in [9.17, 15) is 14.4 Å². The van der Waals surface area contributed by atoms with E-state index in [1.165, 1.54) is 0 Å². The van der Waals surface area contributed by atoms with E-state index < -0.39 is 0 Å². The Hall–Kier alpha value is -4.05. The van der Waals surface area contributed by atoms with E-state index in [1.54, 1.807) is 4.90 Å². The minimum atomic E-state index is -0.345. The summed E-state index contributed by atoms with van der Waals surface area (Å²) >= 11 is 0. The van der Waals surface area contributed by atoms with E-state index in [0.717, 1.165) is 37.1 Å². The lowest BCUT2D eigenvalue weighted by molar-refractivity contribution is -0.134. The van der Waals surface area contributed by atoms with Gasteiger partial charge in [0.05, 0.1) is 6.54 Å². The number of benzene rings is 2. The largest absolute Gasteiger partial charge is 0.489 e. The van der Waals surface area contributed by atoms with Crippen LogP contribution in [-0.2, 0) is 22.6 Å². The number of piperazine rings is 1. The topological polar surface area (TPSA) is 112 Å². The monoisotopic (exact) mass is 530 g/mol. The van der Waals surface area contributed by atoms with Crippen molar-refractivity contribution in [3.8, 4) is 17.1 Å². The van der Waals surface area contributed by atoms with Crippen LogP contribution >= 0.6 is 0 Å². The number of carbonyl (C=O) groups excluding carboxylic acids is 2. The minimum Gasteiger partial charge on any atom is -0.489 e. The highest BCUT2D eigenvalue weighted by Crippen LogP contribution is 2.19. The van der Waals surface area contributed by atoms with E-state index in [1.807, 2.05) is 59.5 Å². The molecule has 5 rings (SSSR count). The molecule has 2 amide bonds. The average molecular weight is 531 g/mol. The predicted octanol–water partition coefficient (Wildman–Crippen LogP) is 2.11. The number of aromatic nitrogens is 3. The number of nitrogens with one attached hydrogen (secondary N) is 1. The van der Waals surface area contributed by atoms with Crippen molar-refractivity contribution < 1.29 is 14.3 Å². The molecule has 0 radical (unpaired) electrons. The van der Waals surface area contributed by atoms with Gasteiger partial charge in [0.25, 0.3) is 5.56 Å². The fourth-order valence-electron chi connectivity index (χ4n) is 4.90. The molecule has 1 N–H and O–H groups in total. The van der Waals surface area contributed by atoms with Crippen LogP contribution in [-0.4, -0.2) is 87.5 Å². The van der Waals surface area contributed by atoms with E-state index in [-0.39, 0.29) is 35.9 Å². The van der Waals surface area contributed by atoms with Crippen molar-refractivity contribution >= 4 is 11.8 Å². The summed E-state index contributed by atoms with van der Waals surface area (Å²) in [6.45, 7) is 5.12. The highest BCUT2D eigenvalue weighted by atomic mass is 16.5. The Morgan fingerprint density at radius 2 is 1.51 bits per heavy atom. The molecule has 3 heterocycles. The molecule has 0 bridgehead atoms. The molecule has 2 aliphatic rings. The number of likely N-dealkylation sites (tertiary alicyclic amines) is 1. The third kappa shape index (κ3) is 7.08. The molecule has 0 aliphatic carbocycles. The van der Waals surface area contributed by atoms with Gasteiger partial charge in [-0.25, -0.2) is 0 Å². The average Bonchev–Trinajstić information content (AvgIpc) is 3.52. The van der Waals surface area contributed by atoms with Gasteiger partial charge in [-0.05, 0) is 42.7 Å². The third-order valence-corrected chi connectivity index (χ3v) is 7.26. The van der Waals surface area contributed by atoms with Gasteiger partial charge >= 0.3 is 0 Å². The van der Waals surface area contributed by atoms with E-state index in [4.69, 9.17) is 4.74 Å². The molecule has 0 unspecified atom stereocenters. The zero-order valence-corrected chi connectivity index (χ0v) is 22.1. The second-order valence-electron chi connectivity index (χ2n) is 9.99. The SMILES string of the molecule is O=C(CCc1nnc(-c2ccc(OCc3ccccc3)cc2)[nH]c1=O)N1CCN(CC(=O)N2CCCC2)CC1. The summed E-state index contributed by atoms with van der Waals surface area (Å²) in [7, 11) is 0. The lowest BCUT2D eigenvalue weighted by Crippen LogP contribution is -2.51. The van der Waals surface area contributed by atoms with Crippen LogP contribution in [0.3, 0.4) is 0 Å². The maximum absolute atomic E-state index is 12.7. The number of amides is 2. The quantitative estimate of drug-likeness (QED) is 0.451. The van der Waals surface area contributed by atoms with Crippen LogP contribution < -0.4 is 10.3 Å². The first-order valence-corrected chi connectivity index (χ1v) is 13.6. The summed E-state index contributed by atoms with van der Waals surface area (Å²) < 4.78 is 5.81. The molecule has 39 heavy (non-hydrogen) atoms. The molecule has 10 heteroatoms. The summed E-state index contributed by atoms with van der Waals surface area (Å²) in [6.07, 6.45) is 2.59. The van der Waals surface area contributed by atoms with Crippen LogP contribution in [0.1, 0.15) is 30.5 Å². The van der Waals surface area contributed by atoms with Crippen LogP contribution in [0.15, 0.2) is 59.4 Å². The molecule has 0 spiro atoms. The maximum atomic E-state index is 12.7. The molecule has 3 aromatic rings. The zero-order valence-electron chi connectivity index (χ0n) is 22.1. The highest BCUT2D eigenvalue weighted by molar-refractivity contribution is 5.79. The fraction of sp³-hybridized carbons (Fsp3) is 0.414. The Kier molecular flexibility index (Phi) is 8.62. The first-order valence-electron chi connectivity index (χ1n) is 13.6. The van der Waals surface area contributed by atoms with Crippen molar-refractivity contribution in [2.45, 2.75) is 32.3 Å². The highest BCUT2D eigenvalue weighted by Gasteiger charge is 2.25. The number of hydrogen-bond acceptors (Lipinski definition) is 7. The van der Waals surface area contributed by atoms with Gasteiger partial charge in [0, 0.05) is 57.7 Å². The minimum absolute atomic E-state index is 0.0168. The standard InChI is InChI=1S/C29H34N6O4/c36-26(35-18-16-33(17-19-35)20-27(37)34-14-4-5-15-34)13-12-25-29(38)30-28(32-31-25)23-8-10-24(11-9-23)39-21-22-6-2-1-3-7-22/h1-3,6-11H,4-5,12-21H2,(H,30,32,38). The van der Waals surface area contributed by atoms with E-state index in [0.29, 0.717) is 50.9 Å². The van der Waals surface area contributed by atoms with Gasteiger partial charge in [0.1, 0.15) is 18.1 Å². The number of hydrogen-bond donors (Lipinski definition) is 1. The first kappa shape index (κ1) is 26.6. The first-order chi connectivity index (χ1) is 19.0. The Morgan fingerprint density at radius 3 is 2.21 bits per heavy atom. The number of aromatic amines is 1. The number of nitrogens with zero attached hydrogens (tertiary/aromatic N) is 5. The van der Waals surface area contributed by atoms with Crippen molar-refractivity contribution in [1.82, 2.24) is 29.9 Å². The molecule has 1 aromatic heterocycles. The molecule has 2 fully saturated rings. The Bertz CT molecular complexity index is 1310. The normalized spacial score (nSPS) is 15.9. The second-order valence-corrected chi connectivity index (χ2v) is 9.99. The number of rotatable bonds is 9. The second kappa shape index (κ2) is 12.7. The predicted molar refractivity (Wildman–Crippen MR) is 146 cm³/mol. The van der Waals surface area contributed by atoms with Crippen molar-refractivity contribution in [2.75, 3.05) is 45.8 Å². The van der Waals surface area contributed by atoms with Crippen molar-refractivity contribution in [1.29, 1.82) is 0 Å². The number of aryl methyl sites for hydroxylation is 1. The van der Waals surface area contributed by atoms with Crippen LogP contribution in [0.2, 0.25) is 0 Å². The van der Waals surface area contributed by atoms with Gasteiger partial charge in [-0.3, -0.25) is 19.3 Å². The molecular formula is C29H34N6O4. The number of carbonyl (C=O) groups is 2. The van der Waals surface area contributed by atoms with Gasteiger partial charge in [0.15, 0.2) is 5.82 Å².